The number of hydrogen-bond acceptors (Lipinski definition) is 4. The molecule has 0 heterocycles. The first-order valence-electron chi connectivity index (χ1n) is 9.95. The second-order valence-corrected chi connectivity index (χ2v) is 6.53. The predicted octanol–water partition coefficient (Wildman–Crippen LogP) is 3.28. The third-order valence-electron chi connectivity index (χ3n) is 4.07. The highest BCUT2D eigenvalue weighted by molar-refractivity contribution is 5.79. The quantitative estimate of drug-likeness (QED) is 0.313. The predicted molar refractivity (Wildman–Crippen MR) is 112 cm³/mol. The first kappa shape index (κ1) is 23.2. The minimum absolute atomic E-state index is 0.194. The van der Waals surface area contributed by atoms with E-state index in [0.717, 1.165) is 43.2 Å². The zero-order chi connectivity index (χ0) is 19.9. The average molecular weight is 380 g/mol. The molecule has 0 aliphatic carbocycles. The Kier molecular flexibility index (Phi) is 12.3. The molecule has 1 aromatic carbocycles. The summed E-state index contributed by atoms with van der Waals surface area (Å²) in [6, 6.07) is 6.30. The van der Waals surface area contributed by atoms with Crippen LogP contribution in [0.4, 0.5) is 0 Å². The molecule has 1 unspecified atom stereocenters. The molecule has 27 heavy (non-hydrogen) atoms. The van der Waals surface area contributed by atoms with Crippen molar-refractivity contribution in [3.05, 3.63) is 29.3 Å². The second kappa shape index (κ2) is 14.3. The largest absolute Gasteiger partial charge is 0.490 e. The number of guanidine groups is 1. The number of nitrogens with one attached hydrogen (secondary N) is 2. The van der Waals surface area contributed by atoms with Gasteiger partial charge in [-0.05, 0) is 45.2 Å². The summed E-state index contributed by atoms with van der Waals surface area (Å²) < 4.78 is 16.5. The number of aliphatic imine (C=N–C) groups is 1. The first-order chi connectivity index (χ1) is 13.1. The third-order valence-corrected chi connectivity index (χ3v) is 4.07. The van der Waals surface area contributed by atoms with Gasteiger partial charge in [0.25, 0.3) is 0 Å². The van der Waals surface area contributed by atoms with Gasteiger partial charge < -0.3 is 24.8 Å². The van der Waals surface area contributed by atoms with Crippen LogP contribution in [0.15, 0.2) is 23.2 Å². The summed E-state index contributed by atoms with van der Waals surface area (Å²) >= 11 is 0. The SMILES string of the molecule is CCNC(=NCc1ccc(C)cc1OC(C)CC)NCCCOCCOC. The highest BCUT2D eigenvalue weighted by Crippen LogP contribution is 2.23. The van der Waals surface area contributed by atoms with Crippen LogP contribution in [0.3, 0.4) is 0 Å². The van der Waals surface area contributed by atoms with Crippen LogP contribution in [-0.2, 0) is 16.0 Å². The summed E-state index contributed by atoms with van der Waals surface area (Å²) in [6.07, 6.45) is 2.09. The van der Waals surface area contributed by atoms with E-state index in [1.807, 2.05) is 0 Å². The van der Waals surface area contributed by atoms with E-state index in [9.17, 15) is 0 Å². The fraction of sp³-hybridized carbons (Fsp3) is 0.667. The summed E-state index contributed by atoms with van der Waals surface area (Å²) in [4.78, 5) is 4.71. The maximum atomic E-state index is 6.08. The lowest BCUT2D eigenvalue weighted by Crippen LogP contribution is -2.38. The Hall–Kier alpha value is -1.79. The lowest BCUT2D eigenvalue weighted by molar-refractivity contribution is 0.0698. The molecule has 6 heteroatoms. The van der Waals surface area contributed by atoms with Crippen molar-refractivity contribution < 1.29 is 14.2 Å². The van der Waals surface area contributed by atoms with Crippen LogP contribution in [0.25, 0.3) is 0 Å². The van der Waals surface area contributed by atoms with Gasteiger partial charge in [0, 0.05) is 32.4 Å². The highest BCUT2D eigenvalue weighted by atomic mass is 16.5. The van der Waals surface area contributed by atoms with Crippen molar-refractivity contribution in [2.45, 2.75) is 53.2 Å². The Labute approximate surface area is 164 Å². The normalized spacial score (nSPS) is 12.7. The van der Waals surface area contributed by atoms with E-state index in [0.29, 0.717) is 26.4 Å². The molecule has 1 aromatic rings. The van der Waals surface area contributed by atoms with E-state index in [-0.39, 0.29) is 6.10 Å². The fourth-order valence-corrected chi connectivity index (χ4v) is 2.33. The second-order valence-electron chi connectivity index (χ2n) is 6.53. The van der Waals surface area contributed by atoms with Crippen LogP contribution < -0.4 is 15.4 Å². The molecule has 0 spiro atoms. The molecule has 154 valence electrons. The van der Waals surface area contributed by atoms with Gasteiger partial charge >= 0.3 is 0 Å². The van der Waals surface area contributed by atoms with Crippen LogP contribution >= 0.6 is 0 Å². The van der Waals surface area contributed by atoms with Crippen molar-refractivity contribution >= 4 is 5.96 Å². The number of rotatable bonds is 13. The molecule has 0 bridgehead atoms. The monoisotopic (exact) mass is 379 g/mol. The Morgan fingerprint density at radius 2 is 1.96 bits per heavy atom. The molecule has 0 saturated carbocycles. The van der Waals surface area contributed by atoms with Gasteiger partial charge in [-0.2, -0.15) is 0 Å². The summed E-state index contributed by atoms with van der Waals surface area (Å²) in [5, 5.41) is 6.64. The van der Waals surface area contributed by atoms with Crippen LogP contribution in [0, 0.1) is 6.92 Å². The number of benzene rings is 1. The van der Waals surface area contributed by atoms with Crippen LogP contribution in [0.2, 0.25) is 0 Å². The molecule has 0 radical (unpaired) electrons. The molecule has 0 saturated heterocycles. The van der Waals surface area contributed by atoms with Gasteiger partial charge in [-0.3, -0.25) is 0 Å². The van der Waals surface area contributed by atoms with Crippen LogP contribution in [-0.4, -0.2) is 52.1 Å². The summed E-state index contributed by atoms with van der Waals surface area (Å²) in [5.41, 5.74) is 2.29. The lowest BCUT2D eigenvalue weighted by atomic mass is 10.1. The minimum atomic E-state index is 0.194. The van der Waals surface area contributed by atoms with Crippen molar-refractivity contribution in [3.8, 4) is 5.75 Å². The van der Waals surface area contributed by atoms with E-state index in [4.69, 9.17) is 19.2 Å². The zero-order valence-electron chi connectivity index (χ0n) is 17.6. The Balaban J connectivity index is 2.58. The lowest BCUT2D eigenvalue weighted by Gasteiger charge is -2.17. The molecule has 0 aliphatic heterocycles. The van der Waals surface area contributed by atoms with E-state index in [2.05, 4.69) is 56.5 Å². The Morgan fingerprint density at radius 3 is 2.67 bits per heavy atom. The van der Waals surface area contributed by atoms with Gasteiger partial charge in [0.15, 0.2) is 5.96 Å². The average Bonchev–Trinajstić information content (AvgIpc) is 2.66. The zero-order valence-corrected chi connectivity index (χ0v) is 17.6. The van der Waals surface area contributed by atoms with Gasteiger partial charge in [-0.15, -0.1) is 0 Å². The molecular weight excluding hydrogens is 342 g/mol. The minimum Gasteiger partial charge on any atom is -0.490 e. The fourth-order valence-electron chi connectivity index (χ4n) is 2.33. The molecule has 6 nitrogen and oxygen atoms in total. The molecular formula is C21H37N3O3. The standard InChI is InChI=1S/C21H37N3O3/c1-6-18(4)27-20-15-17(3)9-10-19(20)16-24-21(22-7-2)23-11-8-12-26-14-13-25-5/h9-10,15,18H,6-8,11-14,16H2,1-5H3,(H2,22,23,24). The number of hydrogen-bond donors (Lipinski definition) is 2. The molecule has 2 N–H and O–H groups in total. The summed E-state index contributed by atoms with van der Waals surface area (Å²) in [7, 11) is 1.68. The molecule has 0 aromatic heterocycles. The van der Waals surface area contributed by atoms with E-state index in [1.165, 1.54) is 5.56 Å². The van der Waals surface area contributed by atoms with Gasteiger partial charge in [0.1, 0.15) is 5.75 Å². The molecule has 0 fully saturated rings. The number of nitrogens with zero attached hydrogens (tertiary/aromatic N) is 1. The number of ether oxygens (including phenoxy) is 3. The smallest absolute Gasteiger partial charge is 0.191 e. The van der Waals surface area contributed by atoms with Gasteiger partial charge in [0.2, 0.25) is 0 Å². The van der Waals surface area contributed by atoms with Crippen molar-refractivity contribution in [2.24, 2.45) is 4.99 Å². The van der Waals surface area contributed by atoms with E-state index in [1.54, 1.807) is 7.11 Å². The molecule has 1 rings (SSSR count). The van der Waals surface area contributed by atoms with Gasteiger partial charge in [-0.25, -0.2) is 4.99 Å². The van der Waals surface area contributed by atoms with Gasteiger partial charge in [0.05, 0.1) is 25.9 Å². The van der Waals surface area contributed by atoms with Gasteiger partial charge in [-0.1, -0.05) is 19.1 Å². The molecule has 0 amide bonds. The first-order valence-corrected chi connectivity index (χ1v) is 9.95. The summed E-state index contributed by atoms with van der Waals surface area (Å²) in [6.45, 7) is 12.5. The maximum Gasteiger partial charge on any atom is 0.191 e. The van der Waals surface area contributed by atoms with Crippen molar-refractivity contribution in [2.75, 3.05) is 40.0 Å². The topological polar surface area (TPSA) is 64.1 Å². The van der Waals surface area contributed by atoms with Crippen LogP contribution in [0.1, 0.15) is 44.7 Å². The van der Waals surface area contributed by atoms with Crippen molar-refractivity contribution in [3.63, 3.8) is 0 Å². The molecule has 0 aliphatic rings. The van der Waals surface area contributed by atoms with E-state index < -0.39 is 0 Å². The number of aryl methyl sites for hydroxylation is 1. The van der Waals surface area contributed by atoms with Crippen molar-refractivity contribution in [1.82, 2.24) is 10.6 Å². The van der Waals surface area contributed by atoms with Crippen molar-refractivity contribution in [1.29, 1.82) is 0 Å². The summed E-state index contributed by atoms with van der Waals surface area (Å²) in [5.74, 6) is 1.74. The molecule has 1 atom stereocenters. The maximum absolute atomic E-state index is 6.08. The van der Waals surface area contributed by atoms with Crippen LogP contribution in [0.5, 0.6) is 5.75 Å². The third kappa shape index (κ3) is 10.2. The highest BCUT2D eigenvalue weighted by Gasteiger charge is 2.08. The Morgan fingerprint density at radius 1 is 1.15 bits per heavy atom. The van der Waals surface area contributed by atoms with E-state index >= 15 is 0 Å². The Bertz CT molecular complexity index is 549. The number of methoxy groups -OCH3 is 1.